The van der Waals surface area contributed by atoms with Gasteiger partial charge in [-0.05, 0) is 19.4 Å². The third-order valence-corrected chi connectivity index (χ3v) is 3.98. The molecule has 0 unspecified atom stereocenters. The summed E-state index contributed by atoms with van der Waals surface area (Å²) >= 11 is 0. The lowest BCUT2D eigenvalue weighted by atomic mass is 10.2. The van der Waals surface area contributed by atoms with Crippen molar-refractivity contribution in [3.8, 4) is 0 Å². The Labute approximate surface area is 111 Å². The van der Waals surface area contributed by atoms with Gasteiger partial charge in [0.1, 0.15) is 32.7 Å². The van der Waals surface area contributed by atoms with Crippen LogP contribution in [0.5, 0.6) is 0 Å². The van der Waals surface area contributed by atoms with Crippen molar-refractivity contribution in [2.75, 3.05) is 32.7 Å². The molecular formula is C16H26N2+2. The number of benzene rings is 1. The van der Waals surface area contributed by atoms with Gasteiger partial charge in [0, 0.05) is 5.56 Å². The summed E-state index contributed by atoms with van der Waals surface area (Å²) in [6.45, 7) is 12.1. The van der Waals surface area contributed by atoms with E-state index in [2.05, 4.69) is 50.3 Å². The highest BCUT2D eigenvalue weighted by atomic mass is 15.3. The second-order valence-corrected chi connectivity index (χ2v) is 5.47. The van der Waals surface area contributed by atoms with Crippen molar-refractivity contribution in [1.82, 2.24) is 0 Å². The first-order valence-electron chi connectivity index (χ1n) is 7.11. The highest BCUT2D eigenvalue weighted by Gasteiger charge is 2.22. The fourth-order valence-electron chi connectivity index (χ4n) is 2.69. The van der Waals surface area contributed by atoms with E-state index in [0.29, 0.717) is 0 Å². The van der Waals surface area contributed by atoms with Crippen LogP contribution in [0.15, 0.2) is 42.0 Å². The van der Waals surface area contributed by atoms with E-state index < -0.39 is 0 Å². The van der Waals surface area contributed by atoms with Gasteiger partial charge in [0.05, 0.1) is 6.54 Å². The molecule has 0 radical (unpaired) electrons. The lowest BCUT2D eigenvalue weighted by Gasteiger charge is -2.29. The Kier molecular flexibility index (Phi) is 4.97. The molecule has 1 saturated heterocycles. The molecule has 0 aromatic heterocycles. The molecule has 1 aromatic rings. The van der Waals surface area contributed by atoms with Crippen LogP contribution in [0.25, 0.3) is 0 Å². The molecule has 0 saturated carbocycles. The van der Waals surface area contributed by atoms with Crippen molar-refractivity contribution in [2.24, 2.45) is 0 Å². The summed E-state index contributed by atoms with van der Waals surface area (Å²) in [4.78, 5) is 3.49. The van der Waals surface area contributed by atoms with E-state index in [-0.39, 0.29) is 0 Å². The lowest BCUT2D eigenvalue weighted by molar-refractivity contribution is -1.02. The van der Waals surface area contributed by atoms with E-state index in [4.69, 9.17) is 0 Å². The van der Waals surface area contributed by atoms with Gasteiger partial charge in [-0.1, -0.05) is 36.4 Å². The Hall–Kier alpha value is -1.12. The fourth-order valence-corrected chi connectivity index (χ4v) is 2.69. The van der Waals surface area contributed by atoms with Gasteiger partial charge < -0.3 is 9.80 Å². The van der Waals surface area contributed by atoms with E-state index >= 15 is 0 Å². The van der Waals surface area contributed by atoms with Crippen molar-refractivity contribution in [3.63, 3.8) is 0 Å². The number of hydrogen-bond acceptors (Lipinski definition) is 0. The first kappa shape index (κ1) is 13.3. The molecule has 0 amide bonds. The first-order chi connectivity index (χ1) is 8.78. The quantitative estimate of drug-likeness (QED) is 0.689. The second-order valence-electron chi connectivity index (χ2n) is 5.47. The number of nitrogens with one attached hydrogen (secondary N) is 2. The van der Waals surface area contributed by atoms with Crippen LogP contribution in [0.1, 0.15) is 19.4 Å². The minimum Gasteiger partial charge on any atom is -0.322 e. The Morgan fingerprint density at radius 1 is 1.06 bits per heavy atom. The summed E-state index contributed by atoms with van der Waals surface area (Å²) in [7, 11) is 0. The van der Waals surface area contributed by atoms with Crippen LogP contribution in [-0.2, 0) is 6.54 Å². The molecule has 2 heteroatoms. The van der Waals surface area contributed by atoms with Crippen LogP contribution in [0.2, 0.25) is 0 Å². The van der Waals surface area contributed by atoms with Crippen LogP contribution in [-0.4, -0.2) is 32.7 Å². The molecule has 2 N–H and O–H groups in total. The smallest absolute Gasteiger partial charge is 0.127 e. The highest BCUT2D eigenvalue weighted by molar-refractivity contribution is 5.13. The number of hydrogen-bond donors (Lipinski definition) is 2. The average Bonchev–Trinajstić information content (AvgIpc) is 2.42. The number of piperazine rings is 1. The van der Waals surface area contributed by atoms with Gasteiger partial charge in [-0.2, -0.15) is 0 Å². The van der Waals surface area contributed by atoms with Gasteiger partial charge in [0.25, 0.3) is 0 Å². The molecule has 1 heterocycles. The maximum absolute atomic E-state index is 2.25. The van der Waals surface area contributed by atoms with Crippen molar-refractivity contribution in [1.29, 1.82) is 0 Å². The maximum atomic E-state index is 2.25. The monoisotopic (exact) mass is 246 g/mol. The summed E-state index contributed by atoms with van der Waals surface area (Å²) in [5.41, 5.74) is 3.00. The zero-order valence-corrected chi connectivity index (χ0v) is 11.7. The summed E-state index contributed by atoms with van der Waals surface area (Å²) in [6.07, 6.45) is 2.25. The maximum Gasteiger partial charge on any atom is 0.127 e. The SMILES string of the molecule is C/C=C(\C)C[NH+]1CC[NH+](Cc2ccccc2)CC1. The zero-order valence-electron chi connectivity index (χ0n) is 11.7. The summed E-state index contributed by atoms with van der Waals surface area (Å²) < 4.78 is 0. The first-order valence-corrected chi connectivity index (χ1v) is 7.11. The van der Waals surface area contributed by atoms with Gasteiger partial charge >= 0.3 is 0 Å². The third-order valence-electron chi connectivity index (χ3n) is 3.98. The van der Waals surface area contributed by atoms with E-state index in [0.717, 1.165) is 0 Å². The largest absolute Gasteiger partial charge is 0.322 e. The molecule has 1 aromatic carbocycles. The van der Waals surface area contributed by atoms with Gasteiger partial charge in [-0.3, -0.25) is 0 Å². The van der Waals surface area contributed by atoms with E-state index in [1.807, 2.05) is 0 Å². The summed E-state index contributed by atoms with van der Waals surface area (Å²) in [5.74, 6) is 0. The topological polar surface area (TPSA) is 8.88 Å². The molecule has 2 rings (SSSR count). The number of allylic oxidation sites excluding steroid dienone is 1. The standard InChI is InChI=1S/C16H24N2/c1-3-15(2)13-17-9-11-18(12-10-17)14-16-7-5-4-6-8-16/h3-8H,9-14H2,1-2H3/p+2/b15-3+. The Morgan fingerprint density at radius 2 is 1.67 bits per heavy atom. The van der Waals surface area contributed by atoms with Crippen molar-refractivity contribution < 1.29 is 9.80 Å². The van der Waals surface area contributed by atoms with Crippen LogP contribution in [0.3, 0.4) is 0 Å². The molecule has 18 heavy (non-hydrogen) atoms. The minimum atomic E-state index is 1.19. The van der Waals surface area contributed by atoms with Crippen LogP contribution >= 0.6 is 0 Å². The predicted octanol–water partition coefficient (Wildman–Crippen LogP) is -0.0638. The van der Waals surface area contributed by atoms with Crippen LogP contribution in [0.4, 0.5) is 0 Å². The van der Waals surface area contributed by atoms with Gasteiger partial charge in [0.15, 0.2) is 0 Å². The third kappa shape index (κ3) is 3.97. The lowest BCUT2D eigenvalue weighted by Crippen LogP contribution is -3.27. The van der Waals surface area contributed by atoms with E-state index in [1.165, 1.54) is 50.4 Å². The molecule has 0 atom stereocenters. The minimum absolute atomic E-state index is 1.19. The molecule has 98 valence electrons. The van der Waals surface area contributed by atoms with E-state index in [9.17, 15) is 0 Å². The molecule has 1 aliphatic rings. The second kappa shape index (κ2) is 6.72. The van der Waals surface area contributed by atoms with Crippen molar-refractivity contribution in [3.05, 3.63) is 47.5 Å². The van der Waals surface area contributed by atoms with Gasteiger partial charge in [-0.15, -0.1) is 0 Å². The Bertz CT molecular complexity index is 375. The molecule has 1 aliphatic heterocycles. The van der Waals surface area contributed by atoms with Crippen molar-refractivity contribution >= 4 is 0 Å². The molecule has 0 bridgehead atoms. The molecule has 0 aliphatic carbocycles. The fraction of sp³-hybridized carbons (Fsp3) is 0.500. The predicted molar refractivity (Wildman–Crippen MR) is 75.8 cm³/mol. The molecule has 2 nitrogen and oxygen atoms in total. The number of rotatable bonds is 4. The highest BCUT2D eigenvalue weighted by Crippen LogP contribution is 1.95. The van der Waals surface area contributed by atoms with E-state index in [1.54, 1.807) is 9.80 Å². The van der Waals surface area contributed by atoms with Crippen molar-refractivity contribution in [2.45, 2.75) is 20.4 Å². The summed E-state index contributed by atoms with van der Waals surface area (Å²) in [5, 5.41) is 0. The molecule has 1 fully saturated rings. The average molecular weight is 246 g/mol. The number of quaternary nitrogens is 2. The van der Waals surface area contributed by atoms with Crippen LogP contribution in [0, 0.1) is 0 Å². The summed E-state index contributed by atoms with van der Waals surface area (Å²) in [6, 6.07) is 10.9. The van der Waals surface area contributed by atoms with Gasteiger partial charge in [0.2, 0.25) is 0 Å². The van der Waals surface area contributed by atoms with Gasteiger partial charge in [-0.25, -0.2) is 0 Å². The Morgan fingerprint density at radius 3 is 2.28 bits per heavy atom. The molecule has 0 spiro atoms. The van der Waals surface area contributed by atoms with Crippen LogP contribution < -0.4 is 9.80 Å². The molecular weight excluding hydrogens is 220 g/mol. The zero-order chi connectivity index (χ0) is 12.8. The Balaban J connectivity index is 1.77. The normalized spacial score (nSPS) is 25.1.